The first-order chi connectivity index (χ1) is 12.5. The number of hydrogen-bond donors (Lipinski definition) is 1. The summed E-state index contributed by atoms with van der Waals surface area (Å²) in [4.78, 5) is 12.5. The van der Waals surface area contributed by atoms with Crippen LogP contribution in [0, 0.1) is 10.1 Å². The van der Waals surface area contributed by atoms with Crippen molar-refractivity contribution in [3.8, 4) is 0 Å². The van der Waals surface area contributed by atoms with E-state index in [0.29, 0.717) is 6.54 Å². The fraction of sp³-hybridized carbons (Fsp3) is 0.278. The van der Waals surface area contributed by atoms with Crippen molar-refractivity contribution in [2.45, 2.75) is 12.1 Å². The molecule has 9 heteroatoms. The van der Waals surface area contributed by atoms with Crippen LogP contribution in [0.25, 0.3) is 0 Å². The summed E-state index contributed by atoms with van der Waals surface area (Å²) < 4.78 is 3.14. The summed E-state index contributed by atoms with van der Waals surface area (Å²) in [5, 5.41) is 23.6. The third kappa shape index (κ3) is 3.65. The number of aliphatic hydroxyl groups is 1. The molecule has 1 N–H and O–H groups in total. The summed E-state index contributed by atoms with van der Waals surface area (Å²) in [7, 11) is 0. The zero-order valence-electron chi connectivity index (χ0n) is 14.2. The van der Waals surface area contributed by atoms with Crippen molar-refractivity contribution in [1.29, 1.82) is 0 Å². The molecule has 2 aromatic rings. The van der Waals surface area contributed by atoms with Crippen LogP contribution in [0.2, 0.25) is 0 Å². The molecule has 2 aliphatic rings. The smallest absolute Gasteiger partial charge is 0.316 e. The summed E-state index contributed by atoms with van der Waals surface area (Å²) >= 11 is 5.15. The lowest BCUT2D eigenvalue weighted by atomic mass is 10.0. The molecule has 0 aromatic heterocycles. The molecule has 27 heavy (non-hydrogen) atoms. The maximum absolute atomic E-state index is 11.7. The molecule has 0 saturated heterocycles. The number of hydrogen-bond acceptors (Lipinski definition) is 5. The average Bonchev–Trinajstić information content (AvgIpc) is 2.95. The minimum absolute atomic E-state index is 0. The Hall–Kier alpha value is -1.42. The van der Waals surface area contributed by atoms with Gasteiger partial charge in [0.15, 0.2) is 6.54 Å². The van der Waals surface area contributed by atoms with Gasteiger partial charge in [0.2, 0.25) is 0 Å². The molecule has 2 aliphatic heterocycles. The fourth-order valence-corrected chi connectivity index (χ4v) is 4.88. The van der Waals surface area contributed by atoms with Crippen LogP contribution in [0.15, 0.2) is 53.0 Å². The second-order valence-electron chi connectivity index (χ2n) is 6.34. The Balaban J connectivity index is 0.00000210. The Morgan fingerprint density at radius 2 is 1.85 bits per heavy atom. The van der Waals surface area contributed by atoms with Gasteiger partial charge in [0, 0.05) is 27.9 Å². The third-order valence-electron chi connectivity index (χ3n) is 4.67. The van der Waals surface area contributed by atoms with Gasteiger partial charge in [0.1, 0.15) is 5.69 Å². The maximum Gasteiger partial charge on any atom is 0.316 e. The maximum atomic E-state index is 11.7. The lowest BCUT2D eigenvalue weighted by Gasteiger charge is -2.28. The summed E-state index contributed by atoms with van der Waals surface area (Å²) in [6, 6.07) is 14.0. The Kier molecular flexibility index (Phi) is 5.95. The first-order valence-electron chi connectivity index (χ1n) is 8.27. The number of thioether (sulfide) groups is 1. The van der Waals surface area contributed by atoms with Crippen LogP contribution in [0.3, 0.4) is 0 Å². The van der Waals surface area contributed by atoms with Gasteiger partial charge in [-0.05, 0) is 42.4 Å². The van der Waals surface area contributed by atoms with Crippen LogP contribution in [0.1, 0.15) is 12.0 Å². The molecule has 1 unspecified atom stereocenters. The minimum atomic E-state index is -1.22. The fourth-order valence-electron chi connectivity index (χ4n) is 3.44. The highest BCUT2D eigenvalue weighted by Gasteiger charge is 2.55. The minimum Gasteiger partial charge on any atom is -1.00 e. The van der Waals surface area contributed by atoms with Crippen LogP contribution in [-0.4, -0.2) is 38.6 Å². The Morgan fingerprint density at radius 3 is 2.48 bits per heavy atom. The van der Waals surface area contributed by atoms with Gasteiger partial charge < -0.3 is 22.1 Å². The molecule has 142 valence electrons. The van der Waals surface area contributed by atoms with E-state index in [4.69, 9.17) is 0 Å². The molecule has 0 fully saturated rings. The quantitative estimate of drug-likeness (QED) is 0.367. The molecule has 0 amide bonds. The largest absolute Gasteiger partial charge is 1.00 e. The Bertz CT molecular complexity index is 890. The van der Waals surface area contributed by atoms with E-state index >= 15 is 0 Å². The number of anilines is 1. The van der Waals surface area contributed by atoms with E-state index in [9.17, 15) is 15.2 Å². The molecule has 2 heterocycles. The van der Waals surface area contributed by atoms with Crippen LogP contribution in [-0.2, 0) is 5.72 Å². The summed E-state index contributed by atoms with van der Waals surface area (Å²) in [6.45, 7) is 1.36. The highest BCUT2D eigenvalue weighted by atomic mass is 79.9. The van der Waals surface area contributed by atoms with Crippen molar-refractivity contribution in [2.75, 3.05) is 23.7 Å². The predicted octanol–water partition coefficient (Wildman–Crippen LogP) is 0.532. The first-order valence-corrected chi connectivity index (χ1v) is 10.0. The van der Waals surface area contributed by atoms with Gasteiger partial charge in [-0.1, -0.05) is 28.1 Å². The lowest BCUT2D eigenvalue weighted by Crippen LogP contribution is -3.00. The van der Waals surface area contributed by atoms with E-state index in [1.54, 1.807) is 23.9 Å². The van der Waals surface area contributed by atoms with Crippen molar-refractivity contribution < 1.29 is 31.6 Å². The van der Waals surface area contributed by atoms with Gasteiger partial charge in [0.05, 0.1) is 11.5 Å². The van der Waals surface area contributed by atoms with E-state index in [-0.39, 0.29) is 22.7 Å². The number of benzene rings is 2. The van der Waals surface area contributed by atoms with Gasteiger partial charge >= 0.3 is 5.17 Å². The SMILES string of the molecule is O=[N+]([O-])c1ccc(N2C3=[N+](CCCS3)CC2(O)c2ccc(Br)cc2)cc1.[Br-]. The predicted molar refractivity (Wildman–Crippen MR) is 106 cm³/mol. The molecule has 0 saturated carbocycles. The molecule has 1 atom stereocenters. The highest BCUT2D eigenvalue weighted by Crippen LogP contribution is 2.40. The number of nitro groups is 1. The monoisotopic (exact) mass is 513 g/mol. The molecule has 2 aromatic carbocycles. The zero-order chi connectivity index (χ0) is 18.3. The third-order valence-corrected chi connectivity index (χ3v) is 6.39. The summed E-state index contributed by atoms with van der Waals surface area (Å²) in [5.74, 6) is 0.992. The normalized spacial score (nSPS) is 21.6. The average molecular weight is 515 g/mol. The Labute approximate surface area is 179 Å². The number of nitrogens with zero attached hydrogens (tertiary/aromatic N) is 3. The summed E-state index contributed by atoms with van der Waals surface area (Å²) in [5.41, 5.74) is 0.358. The molecule has 0 radical (unpaired) electrons. The second kappa shape index (κ2) is 7.90. The van der Waals surface area contributed by atoms with E-state index in [2.05, 4.69) is 20.5 Å². The number of halogens is 2. The first kappa shape index (κ1) is 20.3. The van der Waals surface area contributed by atoms with Crippen molar-refractivity contribution in [2.24, 2.45) is 0 Å². The standard InChI is InChI=1S/C18H17BrN3O3S.BrH/c19-14-4-2-13(3-5-14)18(23)12-20-10-1-11-26-17(20)21(18)15-6-8-16(9-7-15)22(24)25;/h2-9,23H,1,10-12H2;1H/q+1;/p-1. The van der Waals surface area contributed by atoms with Crippen molar-refractivity contribution in [3.63, 3.8) is 0 Å². The van der Waals surface area contributed by atoms with E-state index in [1.165, 1.54) is 12.1 Å². The number of amidine groups is 1. The molecule has 6 nitrogen and oxygen atoms in total. The topological polar surface area (TPSA) is 69.6 Å². The van der Waals surface area contributed by atoms with Crippen LogP contribution in [0.5, 0.6) is 0 Å². The molecular formula is C18H17Br2N3O3S. The van der Waals surface area contributed by atoms with Gasteiger partial charge in [-0.2, -0.15) is 4.90 Å². The molecule has 0 spiro atoms. The van der Waals surface area contributed by atoms with Gasteiger partial charge in [-0.25, -0.2) is 4.58 Å². The molecule has 0 bridgehead atoms. The van der Waals surface area contributed by atoms with Crippen molar-refractivity contribution >= 4 is 44.2 Å². The van der Waals surface area contributed by atoms with Gasteiger partial charge in [-0.15, -0.1) is 0 Å². The van der Waals surface area contributed by atoms with E-state index in [1.807, 2.05) is 29.2 Å². The Morgan fingerprint density at radius 1 is 1.19 bits per heavy atom. The second-order valence-corrected chi connectivity index (χ2v) is 8.32. The molecular weight excluding hydrogens is 498 g/mol. The van der Waals surface area contributed by atoms with Gasteiger partial charge in [0.25, 0.3) is 11.4 Å². The lowest BCUT2D eigenvalue weighted by molar-refractivity contribution is -0.532. The van der Waals surface area contributed by atoms with E-state index < -0.39 is 10.6 Å². The summed E-state index contributed by atoms with van der Waals surface area (Å²) in [6.07, 6.45) is 1.07. The van der Waals surface area contributed by atoms with Crippen LogP contribution in [0.4, 0.5) is 11.4 Å². The van der Waals surface area contributed by atoms with Crippen LogP contribution >= 0.6 is 27.7 Å². The van der Waals surface area contributed by atoms with Gasteiger partial charge in [-0.3, -0.25) is 10.1 Å². The molecule has 4 rings (SSSR count). The van der Waals surface area contributed by atoms with Crippen molar-refractivity contribution in [1.82, 2.24) is 0 Å². The molecule has 0 aliphatic carbocycles. The van der Waals surface area contributed by atoms with Crippen molar-refractivity contribution in [3.05, 3.63) is 68.7 Å². The highest BCUT2D eigenvalue weighted by molar-refractivity contribution is 9.10. The number of rotatable bonds is 3. The zero-order valence-corrected chi connectivity index (χ0v) is 18.2. The number of non-ortho nitro benzene ring substituents is 1. The van der Waals surface area contributed by atoms with Crippen LogP contribution < -0.4 is 21.9 Å². The van der Waals surface area contributed by atoms with E-state index in [0.717, 1.165) is 39.6 Å². The number of nitro benzene ring substituents is 1.